The van der Waals surface area contributed by atoms with Crippen LogP contribution < -0.4 is 9.80 Å². The summed E-state index contributed by atoms with van der Waals surface area (Å²) in [5, 5.41) is 10.8. The Kier molecular flexibility index (Phi) is 6.19. The monoisotopic (exact) mass is 556 g/mol. The van der Waals surface area contributed by atoms with Crippen LogP contribution in [0.3, 0.4) is 0 Å². The number of alkyl halides is 3. The quantitative estimate of drug-likeness (QED) is 0.404. The maximum Gasteiger partial charge on any atom is 0.416 e. The van der Waals surface area contributed by atoms with Gasteiger partial charge in [-0.2, -0.15) is 13.2 Å². The van der Waals surface area contributed by atoms with Gasteiger partial charge in [-0.1, -0.05) is 18.2 Å². The lowest BCUT2D eigenvalue weighted by Crippen LogP contribution is -2.58. The van der Waals surface area contributed by atoms with Gasteiger partial charge in [-0.05, 0) is 49.7 Å². The highest BCUT2D eigenvalue weighted by Crippen LogP contribution is 2.46. The molecule has 3 aromatic carbocycles. The van der Waals surface area contributed by atoms with Gasteiger partial charge in [-0.15, -0.1) is 0 Å². The third-order valence-electron chi connectivity index (χ3n) is 7.77. The molecule has 1 fully saturated rings. The number of rotatable bonds is 3. The van der Waals surface area contributed by atoms with E-state index in [-0.39, 0.29) is 41.4 Å². The standard InChI is InChI=1S/C29H25F5N4O2/c1-16(39)12-24-19-4-2-6-22(31)27(19)35-28(38(24)25-13-17(29(32,33)34)8-9-26(25)40)36-10-11-37-18(15-36)14-20-21(30)5-3-7-23(20)37/h2-9,13,18,24,40H,10-12,14-15H2,1H3. The van der Waals surface area contributed by atoms with E-state index < -0.39 is 29.3 Å². The van der Waals surface area contributed by atoms with Crippen molar-refractivity contribution in [2.24, 2.45) is 4.99 Å². The maximum absolute atomic E-state index is 15.1. The summed E-state index contributed by atoms with van der Waals surface area (Å²) in [4.78, 5) is 22.3. The Morgan fingerprint density at radius 3 is 2.52 bits per heavy atom. The number of aliphatic imine (C=N–C) groups is 1. The molecule has 0 spiro atoms. The summed E-state index contributed by atoms with van der Waals surface area (Å²) < 4.78 is 70.9. The fraction of sp³-hybridized carbons (Fsp3) is 0.310. The fourth-order valence-corrected chi connectivity index (χ4v) is 6.00. The van der Waals surface area contributed by atoms with Gasteiger partial charge in [0.2, 0.25) is 5.96 Å². The number of phenols is 1. The van der Waals surface area contributed by atoms with Crippen molar-refractivity contribution in [3.8, 4) is 5.75 Å². The summed E-state index contributed by atoms with van der Waals surface area (Å²) in [5.74, 6) is -1.53. The molecule has 11 heteroatoms. The molecule has 3 aromatic rings. The number of anilines is 2. The smallest absolute Gasteiger partial charge is 0.416 e. The van der Waals surface area contributed by atoms with Crippen LogP contribution in [-0.4, -0.2) is 47.4 Å². The first-order valence-electron chi connectivity index (χ1n) is 12.9. The Bertz CT molecular complexity index is 1540. The average Bonchev–Trinajstić information content (AvgIpc) is 3.28. The molecule has 0 aliphatic carbocycles. The number of phenolic OH excluding ortho intramolecular Hbond substituents is 1. The van der Waals surface area contributed by atoms with Crippen LogP contribution in [0.15, 0.2) is 59.6 Å². The molecule has 3 aliphatic heterocycles. The zero-order valence-electron chi connectivity index (χ0n) is 21.4. The Labute approximate surface area is 227 Å². The Balaban J connectivity index is 1.48. The van der Waals surface area contributed by atoms with E-state index >= 15 is 4.39 Å². The SMILES string of the molecule is CC(=O)CC1c2cccc(F)c2N=C(N2CCN3c4cccc(F)c4CC3C2)N1c1cc(C(F)(F)F)ccc1O. The molecule has 6 nitrogen and oxygen atoms in total. The van der Waals surface area contributed by atoms with E-state index in [0.717, 1.165) is 23.9 Å². The summed E-state index contributed by atoms with van der Waals surface area (Å²) in [6.45, 7) is 2.47. The molecule has 3 aliphatic rings. The number of hydrogen-bond acceptors (Lipinski definition) is 6. The van der Waals surface area contributed by atoms with Crippen LogP contribution in [0.25, 0.3) is 0 Å². The number of aromatic hydroxyl groups is 1. The lowest BCUT2D eigenvalue weighted by atomic mass is 9.95. The van der Waals surface area contributed by atoms with E-state index in [4.69, 9.17) is 0 Å². The zero-order chi connectivity index (χ0) is 28.3. The minimum Gasteiger partial charge on any atom is -0.506 e. The third kappa shape index (κ3) is 4.33. The van der Waals surface area contributed by atoms with Crippen molar-refractivity contribution in [1.82, 2.24) is 4.90 Å². The second kappa shape index (κ2) is 9.50. The molecule has 2 atom stereocenters. The van der Waals surface area contributed by atoms with Crippen molar-refractivity contribution in [3.05, 3.63) is 82.9 Å². The minimum absolute atomic E-state index is 0.00496. The molecule has 1 N–H and O–H groups in total. The highest BCUT2D eigenvalue weighted by atomic mass is 19.4. The first-order valence-corrected chi connectivity index (χ1v) is 12.9. The molecular formula is C29H25F5N4O2. The molecule has 0 amide bonds. The van der Waals surface area contributed by atoms with Gasteiger partial charge in [0.05, 0.1) is 23.3 Å². The molecule has 0 saturated carbocycles. The number of carbonyl (C=O) groups excluding carboxylic acids is 1. The van der Waals surface area contributed by atoms with E-state index in [1.807, 2.05) is 11.0 Å². The number of carbonyl (C=O) groups is 1. The van der Waals surface area contributed by atoms with Crippen LogP contribution in [0.4, 0.5) is 39.0 Å². The summed E-state index contributed by atoms with van der Waals surface area (Å²) in [6, 6.07) is 10.6. The Morgan fingerprint density at radius 2 is 1.77 bits per heavy atom. The lowest BCUT2D eigenvalue weighted by Gasteiger charge is -2.46. The predicted molar refractivity (Wildman–Crippen MR) is 140 cm³/mol. The van der Waals surface area contributed by atoms with Crippen LogP contribution >= 0.6 is 0 Å². The van der Waals surface area contributed by atoms with Crippen LogP contribution in [0, 0.1) is 11.6 Å². The topological polar surface area (TPSA) is 59.4 Å². The predicted octanol–water partition coefficient (Wildman–Crippen LogP) is 5.96. The number of benzene rings is 3. The molecule has 0 bridgehead atoms. The Morgan fingerprint density at radius 1 is 1.02 bits per heavy atom. The summed E-state index contributed by atoms with van der Waals surface area (Å²) >= 11 is 0. The van der Waals surface area contributed by atoms with Gasteiger partial charge in [-0.3, -0.25) is 4.79 Å². The Hall–Kier alpha value is -4.15. The number of Topliss-reactive ketones (excluding diaryl/α,β-unsaturated/α-hetero) is 1. The molecule has 0 aromatic heterocycles. The molecule has 3 heterocycles. The van der Waals surface area contributed by atoms with Gasteiger partial charge in [-0.25, -0.2) is 13.8 Å². The number of hydrogen-bond donors (Lipinski definition) is 1. The van der Waals surface area contributed by atoms with Crippen molar-refractivity contribution in [2.45, 2.75) is 38.0 Å². The van der Waals surface area contributed by atoms with E-state index in [2.05, 4.69) is 9.89 Å². The molecule has 208 valence electrons. The number of ketones is 1. The van der Waals surface area contributed by atoms with Crippen LogP contribution in [0.1, 0.15) is 36.1 Å². The number of fused-ring (bicyclic) bond motifs is 4. The van der Waals surface area contributed by atoms with Crippen molar-refractivity contribution in [3.63, 3.8) is 0 Å². The summed E-state index contributed by atoms with van der Waals surface area (Å²) in [6.07, 6.45) is -4.44. The van der Waals surface area contributed by atoms with Gasteiger partial charge < -0.3 is 19.8 Å². The van der Waals surface area contributed by atoms with Crippen molar-refractivity contribution < 1.29 is 31.9 Å². The number of halogens is 5. The second-order valence-electron chi connectivity index (χ2n) is 10.3. The normalized spacial score (nSPS) is 20.1. The summed E-state index contributed by atoms with van der Waals surface area (Å²) in [7, 11) is 0. The van der Waals surface area contributed by atoms with Crippen molar-refractivity contribution in [2.75, 3.05) is 29.4 Å². The highest BCUT2D eigenvalue weighted by molar-refractivity contribution is 6.02. The molecule has 0 radical (unpaired) electrons. The fourth-order valence-electron chi connectivity index (χ4n) is 6.00. The van der Waals surface area contributed by atoms with Gasteiger partial charge in [0.25, 0.3) is 0 Å². The highest BCUT2D eigenvalue weighted by Gasteiger charge is 2.42. The van der Waals surface area contributed by atoms with E-state index in [0.29, 0.717) is 37.2 Å². The van der Waals surface area contributed by atoms with Gasteiger partial charge in [0.15, 0.2) is 0 Å². The van der Waals surface area contributed by atoms with Gasteiger partial charge in [0.1, 0.15) is 28.9 Å². The third-order valence-corrected chi connectivity index (χ3v) is 7.77. The zero-order valence-corrected chi connectivity index (χ0v) is 21.4. The molecule has 6 rings (SSSR count). The number of para-hydroxylation sites is 1. The van der Waals surface area contributed by atoms with Gasteiger partial charge in [0, 0.05) is 42.9 Å². The van der Waals surface area contributed by atoms with E-state index in [1.165, 1.54) is 30.0 Å². The van der Waals surface area contributed by atoms with Crippen LogP contribution in [0.2, 0.25) is 0 Å². The molecule has 1 saturated heterocycles. The molecule has 40 heavy (non-hydrogen) atoms. The second-order valence-corrected chi connectivity index (χ2v) is 10.3. The maximum atomic E-state index is 15.1. The van der Waals surface area contributed by atoms with Crippen LogP contribution in [-0.2, 0) is 17.4 Å². The first kappa shape index (κ1) is 26.1. The molecular weight excluding hydrogens is 531 g/mol. The first-order chi connectivity index (χ1) is 19.0. The molecule has 2 unspecified atom stereocenters. The largest absolute Gasteiger partial charge is 0.506 e. The summed E-state index contributed by atoms with van der Waals surface area (Å²) in [5.41, 5.74) is 0.529. The number of nitrogens with zero attached hydrogens (tertiary/aromatic N) is 4. The van der Waals surface area contributed by atoms with Gasteiger partial charge >= 0.3 is 6.18 Å². The number of piperazine rings is 1. The number of guanidine groups is 1. The van der Waals surface area contributed by atoms with Crippen molar-refractivity contribution in [1.29, 1.82) is 0 Å². The van der Waals surface area contributed by atoms with E-state index in [9.17, 15) is 27.5 Å². The van der Waals surface area contributed by atoms with E-state index in [1.54, 1.807) is 12.1 Å². The van der Waals surface area contributed by atoms with Crippen LogP contribution in [0.5, 0.6) is 5.75 Å². The van der Waals surface area contributed by atoms with Crippen molar-refractivity contribution >= 4 is 28.8 Å². The average molecular weight is 557 g/mol. The lowest BCUT2D eigenvalue weighted by molar-refractivity contribution is -0.137. The minimum atomic E-state index is -4.69.